The van der Waals surface area contributed by atoms with Crippen molar-refractivity contribution in [2.24, 2.45) is 0 Å². The number of carbonyl (C=O) groups is 1. The molecule has 1 amide bonds. The third kappa shape index (κ3) is 2.89. The fourth-order valence-electron chi connectivity index (χ4n) is 2.43. The molecule has 2 aromatic heterocycles. The Morgan fingerprint density at radius 1 is 1.42 bits per heavy atom. The summed E-state index contributed by atoms with van der Waals surface area (Å²) in [4.78, 5) is 28.1. The molecule has 1 fully saturated rings. The fourth-order valence-corrected chi connectivity index (χ4v) is 2.43. The molecule has 2 unspecified atom stereocenters. The normalized spacial score (nSPS) is 26.8. The zero-order valence-electron chi connectivity index (χ0n) is 12.9. The SMILES string of the molecule is CCC(=O)NOC[C@H]1O[C@@H](n2cnc3c(N)ncnc32)C(O)C1O. The number of carbonyl (C=O) groups excluding carboxylic acids is 1. The van der Waals surface area contributed by atoms with Gasteiger partial charge in [0, 0.05) is 6.42 Å². The van der Waals surface area contributed by atoms with Crippen LogP contribution in [-0.4, -0.2) is 60.6 Å². The molecule has 3 rings (SSSR count). The van der Waals surface area contributed by atoms with Crippen molar-refractivity contribution >= 4 is 22.9 Å². The van der Waals surface area contributed by atoms with Crippen LogP contribution in [0.4, 0.5) is 5.82 Å². The first-order valence-electron chi connectivity index (χ1n) is 7.38. The average molecular weight is 338 g/mol. The summed E-state index contributed by atoms with van der Waals surface area (Å²) in [7, 11) is 0. The second-order valence-electron chi connectivity index (χ2n) is 5.32. The molecule has 5 N–H and O–H groups in total. The van der Waals surface area contributed by atoms with Gasteiger partial charge in [-0.1, -0.05) is 6.92 Å². The molecule has 0 bridgehead atoms. The number of nitrogen functional groups attached to an aromatic ring is 1. The number of hydrogen-bond donors (Lipinski definition) is 4. The Hall–Kier alpha value is -2.34. The Kier molecular flexibility index (Phi) is 4.57. The van der Waals surface area contributed by atoms with E-state index >= 15 is 0 Å². The number of hydrogen-bond acceptors (Lipinski definition) is 9. The molecule has 0 saturated carbocycles. The maximum Gasteiger partial charge on any atom is 0.243 e. The van der Waals surface area contributed by atoms with E-state index in [1.807, 2.05) is 0 Å². The van der Waals surface area contributed by atoms with E-state index in [0.717, 1.165) is 0 Å². The number of rotatable bonds is 5. The predicted octanol–water partition coefficient (Wildman–Crippen LogP) is -1.51. The standard InChI is InChI=1S/C13H18N6O5/c1-2-7(20)18-23-3-6-9(21)10(22)13(24-6)19-5-17-8-11(14)15-4-16-12(8)19/h4-6,9-10,13,21-22H,2-3H2,1H3,(H,18,20)(H2,14,15,16)/t6-,9?,10?,13-/m1/s1. The number of hydroxylamine groups is 1. The van der Waals surface area contributed by atoms with E-state index in [1.165, 1.54) is 17.2 Å². The third-order valence-electron chi connectivity index (χ3n) is 3.75. The lowest BCUT2D eigenvalue weighted by Crippen LogP contribution is -2.36. The molecule has 2 aromatic rings. The first kappa shape index (κ1) is 16.5. The van der Waals surface area contributed by atoms with Crippen molar-refractivity contribution in [3.63, 3.8) is 0 Å². The van der Waals surface area contributed by atoms with E-state index in [2.05, 4.69) is 20.4 Å². The number of fused-ring (bicyclic) bond motifs is 1. The number of nitrogens with one attached hydrogen (secondary N) is 1. The molecule has 130 valence electrons. The zero-order valence-corrected chi connectivity index (χ0v) is 12.9. The first-order chi connectivity index (χ1) is 11.5. The smallest absolute Gasteiger partial charge is 0.243 e. The van der Waals surface area contributed by atoms with Crippen LogP contribution in [0.3, 0.4) is 0 Å². The van der Waals surface area contributed by atoms with Crippen LogP contribution in [0.25, 0.3) is 11.2 Å². The number of imidazole rings is 1. The Morgan fingerprint density at radius 2 is 2.21 bits per heavy atom. The number of nitrogens with two attached hydrogens (primary N) is 1. The summed E-state index contributed by atoms with van der Waals surface area (Å²) in [6, 6.07) is 0. The van der Waals surface area contributed by atoms with Gasteiger partial charge in [0.25, 0.3) is 0 Å². The van der Waals surface area contributed by atoms with Gasteiger partial charge in [-0.2, -0.15) is 0 Å². The minimum atomic E-state index is -1.23. The molecule has 0 radical (unpaired) electrons. The van der Waals surface area contributed by atoms with Gasteiger partial charge in [0.15, 0.2) is 17.7 Å². The van der Waals surface area contributed by atoms with Crippen LogP contribution in [0, 0.1) is 0 Å². The van der Waals surface area contributed by atoms with Crippen molar-refractivity contribution in [2.45, 2.75) is 37.9 Å². The molecule has 0 spiro atoms. The summed E-state index contributed by atoms with van der Waals surface area (Å²) in [6.45, 7) is 1.56. The van der Waals surface area contributed by atoms with Gasteiger partial charge in [0.2, 0.25) is 5.91 Å². The van der Waals surface area contributed by atoms with Crippen molar-refractivity contribution in [3.8, 4) is 0 Å². The number of aliphatic hydroxyl groups is 2. The largest absolute Gasteiger partial charge is 0.387 e. The van der Waals surface area contributed by atoms with E-state index < -0.39 is 24.5 Å². The Bertz CT molecular complexity index is 737. The monoisotopic (exact) mass is 338 g/mol. The quantitative estimate of drug-likeness (QED) is 0.475. The highest BCUT2D eigenvalue weighted by molar-refractivity contribution is 5.81. The van der Waals surface area contributed by atoms with Crippen LogP contribution in [-0.2, 0) is 14.4 Å². The highest BCUT2D eigenvalue weighted by Crippen LogP contribution is 2.31. The topological polar surface area (TPSA) is 158 Å². The maximum atomic E-state index is 11.1. The van der Waals surface area contributed by atoms with Crippen LogP contribution < -0.4 is 11.2 Å². The second kappa shape index (κ2) is 6.65. The van der Waals surface area contributed by atoms with Crippen LogP contribution >= 0.6 is 0 Å². The Morgan fingerprint density at radius 3 is 2.96 bits per heavy atom. The molecule has 3 heterocycles. The molecule has 1 saturated heterocycles. The summed E-state index contributed by atoms with van der Waals surface area (Å²) in [5.41, 5.74) is 8.69. The number of ether oxygens (including phenoxy) is 1. The molecule has 11 heteroatoms. The second-order valence-corrected chi connectivity index (χ2v) is 5.32. The van der Waals surface area contributed by atoms with Gasteiger partial charge in [0.05, 0.1) is 6.33 Å². The van der Waals surface area contributed by atoms with E-state index in [-0.39, 0.29) is 24.8 Å². The van der Waals surface area contributed by atoms with Crippen molar-refractivity contribution in [1.82, 2.24) is 25.0 Å². The van der Waals surface area contributed by atoms with Gasteiger partial charge in [-0.15, -0.1) is 0 Å². The molecule has 11 nitrogen and oxygen atoms in total. The predicted molar refractivity (Wildman–Crippen MR) is 80.0 cm³/mol. The van der Waals surface area contributed by atoms with E-state index in [9.17, 15) is 15.0 Å². The summed E-state index contributed by atoms with van der Waals surface area (Å²) < 4.78 is 7.10. The number of aliphatic hydroxyl groups excluding tert-OH is 2. The van der Waals surface area contributed by atoms with Crippen LogP contribution in [0.5, 0.6) is 0 Å². The zero-order chi connectivity index (χ0) is 17.3. The number of amides is 1. The molecular formula is C13H18N6O5. The molecule has 0 aliphatic carbocycles. The van der Waals surface area contributed by atoms with Crippen LogP contribution in [0.15, 0.2) is 12.7 Å². The highest BCUT2D eigenvalue weighted by Gasteiger charge is 2.44. The maximum absolute atomic E-state index is 11.1. The average Bonchev–Trinajstić information content (AvgIpc) is 3.12. The van der Waals surface area contributed by atoms with E-state index in [1.54, 1.807) is 6.92 Å². The van der Waals surface area contributed by atoms with Crippen molar-refractivity contribution in [2.75, 3.05) is 12.3 Å². The molecule has 4 atom stereocenters. The number of anilines is 1. The number of aromatic nitrogens is 4. The summed E-state index contributed by atoms with van der Waals surface area (Å²) in [5.74, 6) is -0.0960. The molecular weight excluding hydrogens is 320 g/mol. The van der Waals surface area contributed by atoms with Crippen molar-refractivity contribution in [1.29, 1.82) is 0 Å². The lowest BCUT2D eigenvalue weighted by Gasteiger charge is -2.16. The van der Waals surface area contributed by atoms with Crippen LogP contribution in [0.1, 0.15) is 19.6 Å². The summed E-state index contributed by atoms with van der Waals surface area (Å²) in [5, 5.41) is 20.4. The van der Waals surface area contributed by atoms with E-state index in [0.29, 0.717) is 11.2 Å². The number of nitrogens with zero attached hydrogens (tertiary/aromatic N) is 4. The van der Waals surface area contributed by atoms with E-state index in [4.69, 9.17) is 15.3 Å². The van der Waals surface area contributed by atoms with Gasteiger partial charge < -0.3 is 20.7 Å². The van der Waals surface area contributed by atoms with Gasteiger partial charge >= 0.3 is 0 Å². The highest BCUT2D eigenvalue weighted by atomic mass is 16.7. The van der Waals surface area contributed by atoms with Gasteiger partial charge in [-0.05, 0) is 0 Å². The lowest BCUT2D eigenvalue weighted by atomic mass is 10.1. The fraction of sp³-hybridized carbons (Fsp3) is 0.538. The van der Waals surface area contributed by atoms with Crippen molar-refractivity contribution < 1.29 is 24.6 Å². The van der Waals surface area contributed by atoms with Gasteiger partial charge in [-0.25, -0.2) is 20.4 Å². The molecule has 1 aliphatic heterocycles. The third-order valence-corrected chi connectivity index (χ3v) is 3.75. The molecule has 0 aromatic carbocycles. The minimum Gasteiger partial charge on any atom is -0.387 e. The summed E-state index contributed by atoms with van der Waals surface area (Å²) >= 11 is 0. The lowest BCUT2D eigenvalue weighted by molar-refractivity contribution is -0.139. The van der Waals surface area contributed by atoms with Crippen LogP contribution in [0.2, 0.25) is 0 Å². The Labute approximate surface area is 136 Å². The summed E-state index contributed by atoms with van der Waals surface area (Å²) in [6.07, 6.45) is -1.25. The van der Waals surface area contributed by atoms with Crippen molar-refractivity contribution in [3.05, 3.63) is 12.7 Å². The Balaban J connectivity index is 1.74. The molecule has 1 aliphatic rings. The van der Waals surface area contributed by atoms with Gasteiger partial charge in [-0.3, -0.25) is 14.2 Å². The molecule has 24 heavy (non-hydrogen) atoms. The van der Waals surface area contributed by atoms with Gasteiger partial charge in [0.1, 0.15) is 36.8 Å². The first-order valence-corrected chi connectivity index (χ1v) is 7.38. The minimum absolute atomic E-state index is 0.121.